The van der Waals surface area contributed by atoms with Gasteiger partial charge >= 0.3 is 6.03 Å². The number of terminal acetylenes is 1. The van der Waals surface area contributed by atoms with Crippen LogP contribution in [0.5, 0.6) is 0 Å². The van der Waals surface area contributed by atoms with Crippen molar-refractivity contribution in [2.75, 3.05) is 26.7 Å². The van der Waals surface area contributed by atoms with E-state index in [1.807, 2.05) is 13.0 Å². The van der Waals surface area contributed by atoms with E-state index in [1.165, 1.54) is 4.90 Å². The summed E-state index contributed by atoms with van der Waals surface area (Å²) >= 11 is 0. The van der Waals surface area contributed by atoms with E-state index in [-0.39, 0.29) is 24.5 Å². The summed E-state index contributed by atoms with van der Waals surface area (Å²) in [5.74, 6) is 2.37. The summed E-state index contributed by atoms with van der Waals surface area (Å²) in [6, 6.07) is 3.33. The number of amides is 3. The van der Waals surface area contributed by atoms with Gasteiger partial charge < -0.3 is 15.1 Å². The van der Waals surface area contributed by atoms with Crippen molar-refractivity contribution in [3.63, 3.8) is 0 Å². The van der Waals surface area contributed by atoms with E-state index >= 15 is 0 Å². The number of pyridine rings is 1. The highest BCUT2D eigenvalue weighted by Gasteiger charge is 2.28. The molecule has 1 aromatic rings. The molecule has 0 aromatic carbocycles. The van der Waals surface area contributed by atoms with Gasteiger partial charge in [-0.2, -0.15) is 0 Å². The van der Waals surface area contributed by atoms with Crippen LogP contribution in [0.15, 0.2) is 18.3 Å². The Balaban J connectivity index is 1.90. The topological polar surface area (TPSA) is 65.5 Å². The van der Waals surface area contributed by atoms with E-state index < -0.39 is 0 Å². The number of aromatic nitrogens is 1. The van der Waals surface area contributed by atoms with E-state index in [1.54, 1.807) is 24.2 Å². The molecular formula is C16H20N4O2. The fourth-order valence-electron chi connectivity index (χ4n) is 2.33. The average molecular weight is 300 g/mol. The number of rotatable bonds is 3. The molecule has 0 spiro atoms. The van der Waals surface area contributed by atoms with Gasteiger partial charge in [0, 0.05) is 38.1 Å². The number of aryl methyl sites for hydroxylation is 1. The number of urea groups is 1. The Morgan fingerprint density at radius 3 is 2.95 bits per heavy atom. The summed E-state index contributed by atoms with van der Waals surface area (Å²) in [6.07, 6.45) is 7.51. The summed E-state index contributed by atoms with van der Waals surface area (Å²) < 4.78 is 0. The zero-order valence-electron chi connectivity index (χ0n) is 12.9. The molecule has 0 unspecified atom stereocenters. The van der Waals surface area contributed by atoms with Crippen LogP contribution in [0.25, 0.3) is 0 Å². The lowest BCUT2D eigenvalue weighted by Gasteiger charge is -2.20. The van der Waals surface area contributed by atoms with Crippen molar-refractivity contribution in [2.45, 2.75) is 19.4 Å². The van der Waals surface area contributed by atoms with E-state index in [9.17, 15) is 9.59 Å². The first-order valence-corrected chi connectivity index (χ1v) is 7.18. The minimum Gasteiger partial charge on any atom is -0.336 e. The van der Waals surface area contributed by atoms with E-state index in [0.29, 0.717) is 18.7 Å². The Morgan fingerprint density at radius 2 is 2.32 bits per heavy atom. The first kappa shape index (κ1) is 15.8. The molecule has 1 atom stereocenters. The molecule has 0 radical (unpaired) electrons. The second-order valence-electron chi connectivity index (χ2n) is 5.43. The highest BCUT2D eigenvalue weighted by molar-refractivity contribution is 5.94. The smallest absolute Gasteiger partial charge is 0.318 e. The fraction of sp³-hybridized carbons (Fsp3) is 0.438. The van der Waals surface area contributed by atoms with Crippen molar-refractivity contribution >= 4 is 11.9 Å². The van der Waals surface area contributed by atoms with Crippen LogP contribution < -0.4 is 5.32 Å². The standard InChI is InChI=1S/C16H20N4O2/c1-4-8-19(3)16(22)18-14-7-9-20(11-14)15(21)13-6-5-12(2)17-10-13/h1,5-6,10,14H,7-9,11H2,2-3H3,(H,18,22)/t14-/m1/s1. The van der Waals surface area contributed by atoms with E-state index in [2.05, 4.69) is 16.2 Å². The van der Waals surface area contributed by atoms with Gasteiger partial charge in [0.2, 0.25) is 0 Å². The number of carbonyl (C=O) groups is 2. The van der Waals surface area contributed by atoms with Gasteiger partial charge in [0.15, 0.2) is 0 Å². The normalized spacial score (nSPS) is 17.0. The largest absolute Gasteiger partial charge is 0.336 e. The minimum atomic E-state index is -0.214. The summed E-state index contributed by atoms with van der Waals surface area (Å²) in [5, 5.41) is 2.89. The van der Waals surface area contributed by atoms with E-state index in [0.717, 1.165) is 12.1 Å². The van der Waals surface area contributed by atoms with Crippen molar-refractivity contribution in [1.82, 2.24) is 20.1 Å². The first-order valence-electron chi connectivity index (χ1n) is 7.18. The molecule has 1 saturated heterocycles. The highest BCUT2D eigenvalue weighted by atomic mass is 16.2. The third kappa shape index (κ3) is 3.76. The van der Waals surface area contributed by atoms with Gasteiger partial charge in [-0.05, 0) is 25.5 Å². The molecule has 1 aliphatic heterocycles. The maximum absolute atomic E-state index is 12.4. The molecule has 1 fully saturated rings. The molecule has 0 saturated carbocycles. The zero-order chi connectivity index (χ0) is 16.1. The van der Waals surface area contributed by atoms with Crippen LogP contribution in [-0.2, 0) is 0 Å². The summed E-state index contributed by atoms with van der Waals surface area (Å²) in [6.45, 7) is 3.26. The van der Waals surface area contributed by atoms with Crippen LogP contribution in [0.4, 0.5) is 4.79 Å². The number of nitrogens with zero attached hydrogens (tertiary/aromatic N) is 3. The Labute approximate surface area is 130 Å². The van der Waals surface area contributed by atoms with Crippen LogP contribution >= 0.6 is 0 Å². The number of hydrogen-bond donors (Lipinski definition) is 1. The number of hydrogen-bond acceptors (Lipinski definition) is 3. The highest BCUT2D eigenvalue weighted by Crippen LogP contribution is 2.13. The van der Waals surface area contributed by atoms with Crippen molar-refractivity contribution in [3.05, 3.63) is 29.6 Å². The maximum Gasteiger partial charge on any atom is 0.318 e. The molecule has 6 nitrogen and oxygen atoms in total. The monoisotopic (exact) mass is 300 g/mol. The molecule has 0 aliphatic carbocycles. The van der Waals surface area contributed by atoms with Crippen LogP contribution in [0.3, 0.4) is 0 Å². The first-order chi connectivity index (χ1) is 10.5. The van der Waals surface area contributed by atoms with Crippen LogP contribution in [0, 0.1) is 19.3 Å². The van der Waals surface area contributed by atoms with Crippen molar-refractivity contribution in [3.8, 4) is 12.3 Å². The van der Waals surface area contributed by atoms with E-state index in [4.69, 9.17) is 6.42 Å². The quantitative estimate of drug-likeness (QED) is 0.843. The van der Waals surface area contributed by atoms with Gasteiger partial charge in [-0.3, -0.25) is 9.78 Å². The number of nitrogens with one attached hydrogen (secondary N) is 1. The molecule has 1 N–H and O–H groups in total. The fourth-order valence-corrected chi connectivity index (χ4v) is 2.33. The molecular weight excluding hydrogens is 280 g/mol. The zero-order valence-corrected chi connectivity index (χ0v) is 12.9. The van der Waals surface area contributed by atoms with Crippen molar-refractivity contribution in [1.29, 1.82) is 0 Å². The van der Waals surface area contributed by atoms with Crippen molar-refractivity contribution < 1.29 is 9.59 Å². The molecule has 116 valence electrons. The predicted octanol–water partition coefficient (Wildman–Crippen LogP) is 0.879. The predicted molar refractivity (Wildman–Crippen MR) is 83.3 cm³/mol. The molecule has 6 heteroatoms. The molecule has 0 bridgehead atoms. The number of carbonyl (C=O) groups excluding carboxylic acids is 2. The maximum atomic E-state index is 12.4. The molecule has 1 aliphatic rings. The lowest BCUT2D eigenvalue weighted by atomic mass is 10.2. The van der Waals surface area contributed by atoms with Gasteiger partial charge in [0.25, 0.3) is 5.91 Å². The molecule has 1 aromatic heterocycles. The Bertz CT molecular complexity index is 591. The van der Waals surface area contributed by atoms with Crippen LogP contribution in [0.2, 0.25) is 0 Å². The lowest BCUT2D eigenvalue weighted by molar-refractivity contribution is 0.0788. The minimum absolute atomic E-state index is 0.0462. The molecule has 3 amide bonds. The molecule has 22 heavy (non-hydrogen) atoms. The van der Waals surface area contributed by atoms with Crippen molar-refractivity contribution in [2.24, 2.45) is 0 Å². The lowest BCUT2D eigenvalue weighted by Crippen LogP contribution is -2.44. The second kappa shape index (κ2) is 6.94. The molecule has 2 heterocycles. The third-order valence-corrected chi connectivity index (χ3v) is 3.64. The van der Waals surface area contributed by atoms with Crippen LogP contribution in [0.1, 0.15) is 22.5 Å². The summed E-state index contributed by atoms with van der Waals surface area (Å²) in [7, 11) is 1.64. The Morgan fingerprint density at radius 1 is 1.55 bits per heavy atom. The average Bonchev–Trinajstić information content (AvgIpc) is 2.96. The number of likely N-dealkylation sites (tertiary alicyclic amines) is 1. The third-order valence-electron chi connectivity index (χ3n) is 3.64. The van der Waals surface area contributed by atoms with Gasteiger partial charge in [-0.15, -0.1) is 6.42 Å². The SMILES string of the molecule is C#CCN(C)C(=O)N[C@@H]1CCN(C(=O)c2ccc(C)nc2)C1. The summed E-state index contributed by atoms with van der Waals surface area (Å²) in [5.41, 5.74) is 1.45. The second-order valence-corrected chi connectivity index (χ2v) is 5.43. The molecule has 2 rings (SSSR count). The van der Waals surface area contributed by atoms with Gasteiger partial charge in [-0.25, -0.2) is 4.79 Å². The Kier molecular flexibility index (Phi) is 4.99. The van der Waals surface area contributed by atoms with Gasteiger partial charge in [0.1, 0.15) is 0 Å². The summed E-state index contributed by atoms with van der Waals surface area (Å²) in [4.78, 5) is 31.6. The van der Waals surface area contributed by atoms with Crippen LogP contribution in [-0.4, -0.2) is 59.4 Å². The Hall–Kier alpha value is -2.55. The van der Waals surface area contributed by atoms with Gasteiger partial charge in [0.05, 0.1) is 12.1 Å². The van der Waals surface area contributed by atoms with Gasteiger partial charge in [-0.1, -0.05) is 5.92 Å².